The number of hydrogen-bond acceptors (Lipinski definition) is 3. The lowest BCUT2D eigenvalue weighted by molar-refractivity contribution is 0.0914. The van der Waals surface area contributed by atoms with Crippen molar-refractivity contribution in [2.45, 2.75) is 25.0 Å². The molecule has 0 spiro atoms. The monoisotopic (exact) mass is 206 g/mol. The number of hydrogen-bond donors (Lipinski definition) is 1. The number of aromatic amines is 1. The Morgan fingerprint density at radius 3 is 3.20 bits per heavy atom. The maximum atomic E-state index is 11.4. The normalized spacial score (nSPS) is 32.9. The van der Waals surface area contributed by atoms with Crippen molar-refractivity contribution < 1.29 is 4.74 Å². The predicted molar refractivity (Wildman–Crippen MR) is 57.2 cm³/mol. The van der Waals surface area contributed by atoms with Crippen molar-refractivity contribution in [2.75, 3.05) is 18.6 Å². The molecule has 1 fully saturated rings. The second-order valence-electron chi connectivity index (χ2n) is 4.58. The number of nitrogens with zero attached hydrogens (tertiary/aromatic N) is 1. The van der Waals surface area contributed by atoms with Gasteiger partial charge in [0.25, 0.3) is 0 Å². The van der Waals surface area contributed by atoms with Gasteiger partial charge < -0.3 is 14.6 Å². The number of ether oxygens (including phenoxy) is 1. The van der Waals surface area contributed by atoms with Gasteiger partial charge in [0.2, 0.25) is 5.56 Å². The molecule has 3 heterocycles. The summed E-state index contributed by atoms with van der Waals surface area (Å²) in [6.07, 6.45) is 1.04. The molecule has 80 valence electrons. The van der Waals surface area contributed by atoms with Gasteiger partial charge in [0.05, 0.1) is 23.4 Å². The molecule has 0 radical (unpaired) electrons. The fraction of sp³-hybridized carbons (Fsp3) is 0.545. The molecule has 3 rings (SSSR count). The van der Waals surface area contributed by atoms with Crippen LogP contribution in [0.3, 0.4) is 0 Å². The van der Waals surface area contributed by atoms with Crippen LogP contribution in [0.2, 0.25) is 0 Å². The lowest BCUT2D eigenvalue weighted by Crippen LogP contribution is -2.38. The van der Waals surface area contributed by atoms with E-state index in [2.05, 4.69) is 16.8 Å². The summed E-state index contributed by atoms with van der Waals surface area (Å²) in [4.78, 5) is 16.4. The first-order chi connectivity index (χ1) is 7.13. The van der Waals surface area contributed by atoms with Crippen LogP contribution in [0.4, 0.5) is 5.69 Å². The molecule has 0 amide bonds. The van der Waals surface area contributed by atoms with E-state index in [1.807, 2.05) is 13.1 Å². The van der Waals surface area contributed by atoms with Crippen LogP contribution in [-0.2, 0) is 10.2 Å². The van der Waals surface area contributed by atoms with Crippen LogP contribution in [0.25, 0.3) is 0 Å². The van der Waals surface area contributed by atoms with Crippen molar-refractivity contribution in [1.82, 2.24) is 4.98 Å². The number of H-pyrrole nitrogens is 1. The van der Waals surface area contributed by atoms with Crippen molar-refractivity contribution in [3.63, 3.8) is 0 Å². The maximum Gasteiger partial charge on any atom is 0.248 e. The molecule has 0 aromatic carbocycles. The molecule has 0 bridgehead atoms. The summed E-state index contributed by atoms with van der Waals surface area (Å²) in [6, 6.07) is 3.45. The van der Waals surface area contributed by atoms with Crippen LogP contribution in [-0.4, -0.2) is 24.9 Å². The Hall–Kier alpha value is -1.29. The zero-order valence-corrected chi connectivity index (χ0v) is 8.91. The highest BCUT2D eigenvalue weighted by molar-refractivity contribution is 5.60. The number of fused-ring (bicyclic) bond motifs is 3. The molecule has 0 saturated carbocycles. The summed E-state index contributed by atoms with van der Waals surface area (Å²) in [5, 5.41) is 0. The molecule has 1 saturated heterocycles. The largest absolute Gasteiger partial charge is 0.357 e. The van der Waals surface area contributed by atoms with Crippen LogP contribution >= 0.6 is 0 Å². The number of nitrogens with one attached hydrogen (secondary N) is 1. The van der Waals surface area contributed by atoms with Crippen molar-refractivity contribution in [3.05, 3.63) is 28.2 Å². The van der Waals surface area contributed by atoms with E-state index < -0.39 is 0 Å². The topological polar surface area (TPSA) is 45.3 Å². The summed E-state index contributed by atoms with van der Waals surface area (Å²) in [5.74, 6) is 0. The highest BCUT2D eigenvalue weighted by Crippen LogP contribution is 2.48. The molecule has 1 N–H and O–H groups in total. The molecule has 2 aliphatic heterocycles. The molecule has 1 aromatic heterocycles. The Kier molecular flexibility index (Phi) is 1.58. The van der Waals surface area contributed by atoms with Crippen LogP contribution in [0.15, 0.2) is 16.9 Å². The molecule has 2 aliphatic rings. The van der Waals surface area contributed by atoms with Crippen LogP contribution in [0.1, 0.15) is 19.0 Å². The molecule has 0 aliphatic carbocycles. The van der Waals surface area contributed by atoms with Gasteiger partial charge in [-0.25, -0.2) is 0 Å². The van der Waals surface area contributed by atoms with Gasteiger partial charge >= 0.3 is 0 Å². The highest BCUT2D eigenvalue weighted by atomic mass is 16.5. The Labute approximate surface area is 87.9 Å². The van der Waals surface area contributed by atoms with Crippen molar-refractivity contribution in [1.29, 1.82) is 0 Å². The maximum absolute atomic E-state index is 11.4. The van der Waals surface area contributed by atoms with Gasteiger partial charge in [-0.15, -0.1) is 0 Å². The third-order valence-electron chi connectivity index (χ3n) is 3.64. The van der Waals surface area contributed by atoms with Crippen molar-refractivity contribution in [3.8, 4) is 0 Å². The number of anilines is 1. The number of likely N-dealkylation sites (N-methyl/N-ethyl adjacent to an activating group) is 1. The minimum atomic E-state index is -0.0511. The molecule has 2 atom stereocenters. The number of pyridine rings is 1. The summed E-state index contributed by atoms with van der Waals surface area (Å²) in [5.41, 5.74) is 2.03. The van der Waals surface area contributed by atoms with Gasteiger partial charge in [0.1, 0.15) is 6.23 Å². The average molecular weight is 206 g/mol. The van der Waals surface area contributed by atoms with Gasteiger partial charge in [0, 0.05) is 13.1 Å². The van der Waals surface area contributed by atoms with Crippen LogP contribution in [0.5, 0.6) is 0 Å². The van der Waals surface area contributed by atoms with Gasteiger partial charge in [-0.1, -0.05) is 0 Å². The van der Waals surface area contributed by atoms with E-state index in [-0.39, 0.29) is 17.2 Å². The van der Waals surface area contributed by atoms with Gasteiger partial charge in [0.15, 0.2) is 0 Å². The smallest absolute Gasteiger partial charge is 0.248 e. The Morgan fingerprint density at radius 2 is 2.40 bits per heavy atom. The van der Waals surface area contributed by atoms with Crippen LogP contribution < -0.4 is 10.5 Å². The first kappa shape index (κ1) is 8.97. The third kappa shape index (κ3) is 0.973. The SMILES string of the molecule is CN1c2ccc(=O)[nH]c2[C@]2(C)CCO[C@H]12. The number of rotatable bonds is 0. The van der Waals surface area contributed by atoms with Crippen molar-refractivity contribution in [2.24, 2.45) is 0 Å². The van der Waals surface area contributed by atoms with Gasteiger partial charge in [-0.05, 0) is 19.4 Å². The second kappa shape index (κ2) is 2.64. The molecule has 4 nitrogen and oxygen atoms in total. The molecular weight excluding hydrogens is 192 g/mol. The van der Waals surface area contributed by atoms with E-state index >= 15 is 0 Å². The minimum Gasteiger partial charge on any atom is -0.357 e. The summed E-state index contributed by atoms with van der Waals surface area (Å²) in [6.45, 7) is 2.92. The Balaban J connectivity index is 2.26. The van der Waals surface area contributed by atoms with E-state index in [9.17, 15) is 4.79 Å². The molecule has 15 heavy (non-hydrogen) atoms. The zero-order valence-electron chi connectivity index (χ0n) is 8.91. The van der Waals surface area contributed by atoms with E-state index in [1.165, 1.54) is 0 Å². The summed E-state index contributed by atoms with van der Waals surface area (Å²) >= 11 is 0. The molecule has 4 heteroatoms. The lowest BCUT2D eigenvalue weighted by Gasteiger charge is -2.25. The quantitative estimate of drug-likeness (QED) is 0.683. The lowest BCUT2D eigenvalue weighted by atomic mass is 9.85. The minimum absolute atomic E-state index is 0.0316. The summed E-state index contributed by atoms with van der Waals surface area (Å²) < 4.78 is 5.72. The summed E-state index contributed by atoms with van der Waals surface area (Å²) in [7, 11) is 2.01. The standard InChI is InChI=1S/C11H14N2O2/c1-11-5-6-15-10(11)13(2)7-3-4-8(14)12-9(7)11/h3-4,10H,5-6H2,1-2H3,(H,12,14)/t10-,11-/m0/s1. The van der Waals surface area contributed by atoms with E-state index in [1.54, 1.807) is 6.07 Å². The second-order valence-corrected chi connectivity index (χ2v) is 4.58. The van der Waals surface area contributed by atoms with E-state index in [0.717, 1.165) is 24.4 Å². The molecular formula is C11H14N2O2. The Bertz CT molecular complexity index is 468. The fourth-order valence-electron chi connectivity index (χ4n) is 2.80. The molecule has 1 aromatic rings. The Morgan fingerprint density at radius 1 is 1.60 bits per heavy atom. The highest BCUT2D eigenvalue weighted by Gasteiger charge is 2.51. The van der Waals surface area contributed by atoms with E-state index in [4.69, 9.17) is 4.74 Å². The van der Waals surface area contributed by atoms with Crippen LogP contribution in [0, 0.1) is 0 Å². The van der Waals surface area contributed by atoms with E-state index in [0.29, 0.717) is 0 Å². The van der Waals surface area contributed by atoms with Gasteiger partial charge in [-0.3, -0.25) is 4.79 Å². The first-order valence-corrected chi connectivity index (χ1v) is 5.21. The van der Waals surface area contributed by atoms with Crippen molar-refractivity contribution >= 4 is 5.69 Å². The number of aromatic nitrogens is 1. The third-order valence-corrected chi connectivity index (χ3v) is 3.64. The van der Waals surface area contributed by atoms with Gasteiger partial charge in [-0.2, -0.15) is 0 Å². The average Bonchev–Trinajstić information content (AvgIpc) is 2.67. The zero-order chi connectivity index (χ0) is 10.6. The first-order valence-electron chi connectivity index (χ1n) is 5.21. The predicted octanol–water partition coefficient (Wildman–Crippen LogP) is 0.829. The fourth-order valence-corrected chi connectivity index (χ4v) is 2.80. The molecule has 0 unspecified atom stereocenters.